The van der Waals surface area contributed by atoms with Crippen LogP contribution in [0.15, 0.2) is 35.9 Å². The van der Waals surface area contributed by atoms with Crippen molar-refractivity contribution in [1.82, 2.24) is 0 Å². The second-order valence-electron chi connectivity index (χ2n) is 5.74. The van der Waals surface area contributed by atoms with Crippen molar-refractivity contribution in [3.05, 3.63) is 35.9 Å². The van der Waals surface area contributed by atoms with Crippen LogP contribution in [0, 0.1) is 0 Å². The molecule has 1 saturated heterocycles. The number of allylic oxidation sites excluding steroid dienone is 1. The van der Waals surface area contributed by atoms with E-state index in [1.165, 1.54) is 10.6 Å². The predicted octanol–water partition coefficient (Wildman–Crippen LogP) is 2.55. The third kappa shape index (κ3) is 3.88. The number of nitrogens with zero attached hydrogens (tertiary/aromatic N) is 2. The number of hydrogen-bond acceptors (Lipinski definition) is 3. The second-order valence-corrected chi connectivity index (χ2v) is 7.65. The predicted molar refractivity (Wildman–Crippen MR) is 89.6 cm³/mol. The highest BCUT2D eigenvalue weighted by atomic mass is 32.2. The molecule has 0 aliphatic carbocycles. The van der Waals surface area contributed by atoms with Crippen LogP contribution >= 0.6 is 0 Å². The number of sulfonamides is 1. The van der Waals surface area contributed by atoms with Gasteiger partial charge in [0.1, 0.15) is 0 Å². The third-order valence-electron chi connectivity index (χ3n) is 3.57. The van der Waals surface area contributed by atoms with Crippen molar-refractivity contribution in [3.63, 3.8) is 0 Å². The smallest absolute Gasteiger partial charge is 0.232 e. The van der Waals surface area contributed by atoms with Crippen LogP contribution in [0.2, 0.25) is 0 Å². The molecule has 1 aliphatic rings. The van der Waals surface area contributed by atoms with Gasteiger partial charge in [0.05, 0.1) is 18.5 Å². The van der Waals surface area contributed by atoms with Gasteiger partial charge in [-0.15, -0.1) is 0 Å². The SMILES string of the molecule is CC(C)=CCN(c1cccc(N2CCCC2=O)c1)S(C)(=O)=O. The van der Waals surface area contributed by atoms with Crippen LogP contribution in [-0.4, -0.2) is 33.7 Å². The van der Waals surface area contributed by atoms with Gasteiger partial charge in [-0.2, -0.15) is 0 Å². The topological polar surface area (TPSA) is 57.7 Å². The minimum atomic E-state index is -3.38. The molecule has 6 heteroatoms. The van der Waals surface area contributed by atoms with Gasteiger partial charge < -0.3 is 4.90 Å². The summed E-state index contributed by atoms with van der Waals surface area (Å²) in [6, 6.07) is 7.15. The number of hydrogen-bond donors (Lipinski definition) is 0. The molecule has 5 nitrogen and oxygen atoms in total. The zero-order chi connectivity index (χ0) is 16.3. The van der Waals surface area contributed by atoms with Gasteiger partial charge in [-0.05, 0) is 38.5 Å². The highest BCUT2D eigenvalue weighted by Crippen LogP contribution is 2.27. The lowest BCUT2D eigenvalue weighted by atomic mass is 10.2. The molecule has 0 aromatic heterocycles. The Morgan fingerprint density at radius 3 is 2.64 bits per heavy atom. The molecule has 1 aromatic rings. The summed E-state index contributed by atoms with van der Waals surface area (Å²) in [6.45, 7) is 4.84. The van der Waals surface area contributed by atoms with E-state index in [0.29, 0.717) is 25.2 Å². The largest absolute Gasteiger partial charge is 0.312 e. The van der Waals surface area contributed by atoms with Gasteiger partial charge in [-0.3, -0.25) is 9.10 Å². The van der Waals surface area contributed by atoms with Crippen LogP contribution in [0.5, 0.6) is 0 Å². The van der Waals surface area contributed by atoms with Crippen molar-refractivity contribution in [2.24, 2.45) is 0 Å². The van der Waals surface area contributed by atoms with E-state index in [2.05, 4.69) is 0 Å². The summed E-state index contributed by atoms with van der Waals surface area (Å²) in [6.07, 6.45) is 4.46. The first kappa shape index (κ1) is 16.5. The van der Waals surface area contributed by atoms with E-state index in [-0.39, 0.29) is 5.91 Å². The molecule has 0 bridgehead atoms. The van der Waals surface area contributed by atoms with E-state index in [9.17, 15) is 13.2 Å². The Labute approximate surface area is 132 Å². The maximum atomic E-state index is 12.1. The van der Waals surface area contributed by atoms with Crippen molar-refractivity contribution in [1.29, 1.82) is 0 Å². The van der Waals surface area contributed by atoms with E-state index in [0.717, 1.165) is 17.7 Å². The fourth-order valence-corrected chi connectivity index (χ4v) is 3.28. The molecule has 1 aliphatic heterocycles. The van der Waals surface area contributed by atoms with E-state index in [1.807, 2.05) is 26.0 Å². The van der Waals surface area contributed by atoms with E-state index in [4.69, 9.17) is 0 Å². The molecule has 1 amide bonds. The van der Waals surface area contributed by atoms with Crippen LogP contribution in [0.4, 0.5) is 11.4 Å². The Hall–Kier alpha value is -1.82. The second kappa shape index (κ2) is 6.52. The van der Waals surface area contributed by atoms with E-state index in [1.54, 1.807) is 23.1 Å². The Bertz CT molecular complexity index is 691. The molecular formula is C16H22N2O3S. The zero-order valence-corrected chi connectivity index (χ0v) is 14.1. The van der Waals surface area contributed by atoms with Crippen LogP contribution in [-0.2, 0) is 14.8 Å². The van der Waals surface area contributed by atoms with Gasteiger partial charge in [-0.25, -0.2) is 8.42 Å². The maximum Gasteiger partial charge on any atom is 0.232 e. The maximum absolute atomic E-state index is 12.1. The van der Waals surface area contributed by atoms with Crippen LogP contribution in [0.1, 0.15) is 26.7 Å². The molecule has 0 atom stereocenters. The molecule has 0 saturated carbocycles. The number of carbonyl (C=O) groups is 1. The van der Waals surface area contributed by atoms with Crippen LogP contribution in [0.3, 0.4) is 0 Å². The Morgan fingerprint density at radius 2 is 2.09 bits per heavy atom. The highest BCUT2D eigenvalue weighted by molar-refractivity contribution is 7.92. The molecule has 0 radical (unpaired) electrons. The summed E-state index contributed by atoms with van der Waals surface area (Å²) >= 11 is 0. The minimum Gasteiger partial charge on any atom is -0.312 e. The number of amides is 1. The van der Waals surface area contributed by atoms with Gasteiger partial charge >= 0.3 is 0 Å². The van der Waals surface area contributed by atoms with Gasteiger partial charge in [-0.1, -0.05) is 17.7 Å². The minimum absolute atomic E-state index is 0.0901. The first-order chi connectivity index (χ1) is 10.3. The Kier molecular flexibility index (Phi) is 4.90. The van der Waals surface area contributed by atoms with Gasteiger partial charge in [0, 0.05) is 18.7 Å². The van der Waals surface area contributed by atoms with Crippen LogP contribution in [0.25, 0.3) is 0 Å². The summed E-state index contributed by atoms with van der Waals surface area (Å²) in [5, 5.41) is 0. The Balaban J connectivity index is 2.36. The van der Waals surface area contributed by atoms with Gasteiger partial charge in [0.15, 0.2) is 0 Å². The summed E-state index contributed by atoms with van der Waals surface area (Å²) in [5.74, 6) is 0.0901. The summed E-state index contributed by atoms with van der Waals surface area (Å²) in [5.41, 5.74) is 2.39. The Morgan fingerprint density at radius 1 is 1.36 bits per heavy atom. The third-order valence-corrected chi connectivity index (χ3v) is 4.73. The van der Waals surface area contributed by atoms with E-state index >= 15 is 0 Å². The van der Waals surface area contributed by atoms with Crippen molar-refractivity contribution in [2.45, 2.75) is 26.7 Å². The quantitative estimate of drug-likeness (QED) is 0.783. The number of carbonyl (C=O) groups excluding carboxylic acids is 1. The molecule has 0 N–H and O–H groups in total. The normalized spacial score (nSPS) is 15.0. The molecule has 120 valence electrons. The molecule has 2 rings (SSSR count). The zero-order valence-electron chi connectivity index (χ0n) is 13.2. The molecule has 22 heavy (non-hydrogen) atoms. The van der Waals surface area contributed by atoms with Gasteiger partial charge in [0.2, 0.25) is 15.9 Å². The summed E-state index contributed by atoms with van der Waals surface area (Å²) < 4.78 is 25.5. The molecule has 1 fully saturated rings. The summed E-state index contributed by atoms with van der Waals surface area (Å²) in [7, 11) is -3.38. The van der Waals surface area contributed by atoms with Crippen molar-refractivity contribution >= 4 is 27.3 Å². The summed E-state index contributed by atoms with van der Waals surface area (Å²) in [4.78, 5) is 13.6. The molecule has 0 unspecified atom stereocenters. The molecule has 1 aromatic carbocycles. The first-order valence-corrected chi connectivity index (χ1v) is 9.15. The number of anilines is 2. The molecular weight excluding hydrogens is 300 g/mol. The average molecular weight is 322 g/mol. The number of rotatable bonds is 5. The molecule has 1 heterocycles. The standard InChI is InChI=1S/C16H22N2O3S/c1-13(2)9-11-18(22(3,20)21)15-7-4-6-14(12-15)17-10-5-8-16(17)19/h4,6-7,9,12H,5,8,10-11H2,1-3H3. The lowest BCUT2D eigenvalue weighted by molar-refractivity contribution is -0.117. The number of benzene rings is 1. The van der Waals surface area contributed by atoms with Crippen molar-refractivity contribution < 1.29 is 13.2 Å². The fraction of sp³-hybridized carbons (Fsp3) is 0.438. The lowest BCUT2D eigenvalue weighted by Gasteiger charge is -2.23. The highest BCUT2D eigenvalue weighted by Gasteiger charge is 2.23. The van der Waals surface area contributed by atoms with Crippen molar-refractivity contribution in [3.8, 4) is 0 Å². The monoisotopic (exact) mass is 322 g/mol. The molecule has 0 spiro atoms. The van der Waals surface area contributed by atoms with Crippen molar-refractivity contribution in [2.75, 3.05) is 28.6 Å². The fourth-order valence-electron chi connectivity index (χ4n) is 2.43. The average Bonchev–Trinajstić information content (AvgIpc) is 2.83. The van der Waals surface area contributed by atoms with Gasteiger partial charge in [0.25, 0.3) is 0 Å². The van der Waals surface area contributed by atoms with E-state index < -0.39 is 10.0 Å². The van der Waals surface area contributed by atoms with Crippen LogP contribution < -0.4 is 9.21 Å². The lowest BCUT2D eigenvalue weighted by Crippen LogP contribution is -2.30. The first-order valence-electron chi connectivity index (χ1n) is 7.30.